The zero-order valence-corrected chi connectivity index (χ0v) is 33.8. The van der Waals surface area contributed by atoms with Crippen molar-refractivity contribution in [3.63, 3.8) is 0 Å². The second-order valence-corrected chi connectivity index (χ2v) is 16.6. The van der Waals surface area contributed by atoms with Crippen LogP contribution in [-0.4, -0.2) is 69.2 Å². The first-order valence-corrected chi connectivity index (χ1v) is 20.2. The van der Waals surface area contributed by atoms with Crippen LogP contribution in [0.25, 0.3) is 0 Å². The zero-order valence-electron chi connectivity index (χ0n) is 33.8. The summed E-state index contributed by atoms with van der Waals surface area (Å²) < 4.78 is 45.0. The molecule has 4 aliphatic heterocycles. The number of hydrogen-bond acceptors (Lipinski definition) is 16. The molecule has 16 nitrogen and oxygen atoms in total. The van der Waals surface area contributed by atoms with Crippen molar-refractivity contribution < 1.29 is 76.9 Å². The minimum atomic E-state index is -1.66. The first kappa shape index (κ1) is 42.1. The summed E-state index contributed by atoms with van der Waals surface area (Å²) >= 11 is 0. The van der Waals surface area contributed by atoms with Crippen molar-refractivity contribution in [1.82, 2.24) is 0 Å². The van der Waals surface area contributed by atoms with E-state index >= 15 is 0 Å². The van der Waals surface area contributed by atoms with Crippen molar-refractivity contribution in [2.75, 3.05) is 0 Å². The fraction of sp³-hybridized carbons (Fsp3) is 0.500. The summed E-state index contributed by atoms with van der Waals surface area (Å²) in [6.07, 6.45) is 17.1. The van der Waals surface area contributed by atoms with E-state index in [-0.39, 0.29) is 66.1 Å². The van der Waals surface area contributed by atoms with Crippen LogP contribution >= 0.6 is 0 Å². The van der Waals surface area contributed by atoms with Crippen LogP contribution in [-0.2, 0) is 66.7 Å². The van der Waals surface area contributed by atoms with Gasteiger partial charge in [-0.2, -0.15) is 0 Å². The Morgan fingerprint density at radius 1 is 0.450 bits per heavy atom. The summed E-state index contributed by atoms with van der Waals surface area (Å²) in [6.45, 7) is 7.84. The third-order valence-corrected chi connectivity index (χ3v) is 12.2. The lowest BCUT2D eigenvalue weighted by atomic mass is 9.78. The molecule has 0 amide bonds. The van der Waals surface area contributed by atoms with Gasteiger partial charge in [-0.15, -0.1) is 0 Å². The second kappa shape index (κ2) is 16.2. The van der Waals surface area contributed by atoms with Gasteiger partial charge in [0.15, 0.2) is 0 Å². The predicted molar refractivity (Wildman–Crippen MR) is 205 cm³/mol. The molecule has 0 aromatic heterocycles. The molecule has 16 heteroatoms. The number of carbonyl (C=O) groups excluding carboxylic acids is 6. The first-order valence-electron chi connectivity index (χ1n) is 20.2. The number of aliphatic hydroxyl groups excluding tert-OH is 2. The molecule has 5 unspecified atom stereocenters. The molecule has 0 aromatic carbocycles. The van der Waals surface area contributed by atoms with Crippen LogP contribution in [0.15, 0.2) is 94.9 Å². The number of aliphatic hydroxyl groups is 2. The minimum Gasteiger partial charge on any atom is -0.480 e. The summed E-state index contributed by atoms with van der Waals surface area (Å²) in [5, 5.41) is 21.2. The molecule has 5 atom stereocenters. The lowest BCUT2D eigenvalue weighted by Crippen LogP contribution is -2.54. The average Bonchev–Trinajstić information content (AvgIpc) is 3.16. The summed E-state index contributed by atoms with van der Waals surface area (Å²) in [5.41, 5.74) is -1.16. The van der Waals surface area contributed by atoms with Gasteiger partial charge in [-0.3, -0.25) is 0 Å². The molecule has 320 valence electrons. The molecule has 4 heterocycles. The van der Waals surface area contributed by atoms with E-state index in [1.807, 2.05) is 27.7 Å². The van der Waals surface area contributed by atoms with Gasteiger partial charge < -0.3 is 48.1 Å². The van der Waals surface area contributed by atoms with Gasteiger partial charge in [-0.1, -0.05) is 64.2 Å². The Kier molecular flexibility index (Phi) is 11.3. The van der Waals surface area contributed by atoms with Gasteiger partial charge in [-0.05, 0) is 61.8 Å². The maximum atomic E-state index is 13.0. The van der Waals surface area contributed by atoms with Crippen molar-refractivity contribution in [3.8, 4) is 0 Å². The molecule has 4 spiro atoms. The third-order valence-electron chi connectivity index (χ3n) is 12.2. The van der Waals surface area contributed by atoms with Gasteiger partial charge in [0, 0.05) is 50.4 Å². The Morgan fingerprint density at radius 2 is 0.817 bits per heavy atom. The van der Waals surface area contributed by atoms with Crippen LogP contribution in [0.2, 0.25) is 0 Å². The van der Waals surface area contributed by atoms with E-state index in [1.54, 1.807) is 0 Å². The fourth-order valence-corrected chi connectivity index (χ4v) is 8.54. The van der Waals surface area contributed by atoms with Crippen LogP contribution < -0.4 is 0 Å². The van der Waals surface area contributed by atoms with Crippen molar-refractivity contribution in [3.05, 3.63) is 94.9 Å². The molecule has 2 saturated heterocycles. The monoisotopic (exact) mass is 832 g/mol. The first-order chi connectivity index (χ1) is 28.5. The van der Waals surface area contributed by atoms with Gasteiger partial charge in [0.05, 0.1) is 0 Å². The number of carbonyl (C=O) groups is 6. The lowest BCUT2D eigenvalue weighted by Gasteiger charge is -2.46. The molecule has 0 radical (unpaired) electrons. The smallest absolute Gasteiger partial charge is 0.348 e. The van der Waals surface area contributed by atoms with Crippen molar-refractivity contribution >= 4 is 35.8 Å². The molecule has 0 bridgehead atoms. The largest absolute Gasteiger partial charge is 0.480 e. The molecular weight excluding hydrogens is 784 g/mol. The van der Waals surface area contributed by atoms with Crippen LogP contribution in [0.4, 0.5) is 0 Å². The van der Waals surface area contributed by atoms with Gasteiger partial charge >= 0.3 is 35.8 Å². The molecule has 0 aromatic rings. The van der Waals surface area contributed by atoms with Crippen molar-refractivity contribution in [2.24, 2.45) is 23.7 Å². The van der Waals surface area contributed by atoms with E-state index in [4.69, 9.17) is 37.9 Å². The van der Waals surface area contributed by atoms with E-state index < -0.39 is 76.4 Å². The third kappa shape index (κ3) is 8.23. The number of hydrogen-bond donors (Lipinski definition) is 2. The molecule has 7 aliphatic rings. The van der Waals surface area contributed by atoms with Crippen molar-refractivity contribution in [1.29, 1.82) is 0 Å². The molecule has 3 aliphatic carbocycles. The molecule has 60 heavy (non-hydrogen) atoms. The van der Waals surface area contributed by atoms with Gasteiger partial charge in [0.2, 0.25) is 0 Å². The van der Waals surface area contributed by atoms with E-state index in [0.717, 1.165) is 25.7 Å². The Balaban J connectivity index is 0.909. The van der Waals surface area contributed by atoms with E-state index in [9.17, 15) is 39.0 Å². The van der Waals surface area contributed by atoms with E-state index in [1.165, 1.54) is 60.8 Å². The summed E-state index contributed by atoms with van der Waals surface area (Å²) in [4.78, 5) is 77.2. The van der Waals surface area contributed by atoms with Crippen LogP contribution in [0.3, 0.4) is 0 Å². The topological polar surface area (TPSA) is 217 Å². The highest BCUT2D eigenvalue weighted by atomic mass is 16.8. The Morgan fingerprint density at radius 3 is 1.27 bits per heavy atom. The van der Waals surface area contributed by atoms with E-state index in [0.29, 0.717) is 12.8 Å². The summed E-state index contributed by atoms with van der Waals surface area (Å²) in [7, 11) is 0. The molecule has 3 saturated carbocycles. The molecule has 5 fully saturated rings. The van der Waals surface area contributed by atoms with Crippen LogP contribution in [0.5, 0.6) is 0 Å². The van der Waals surface area contributed by atoms with Crippen molar-refractivity contribution in [2.45, 2.75) is 115 Å². The number of rotatable bonds is 6. The zero-order chi connectivity index (χ0) is 43.0. The SMILES string of the molecule is CC1CCC(C)C2(C1)OC(=O)C(=C/C=C/C=C/C1=C(O)OC3(CCC4(CC3)OC(=O)C(=C/C=C/C=C/C3=C(O)OC5(CC(C)CCC5C)OC3=O)C(=O)O4)OC1=O)C(=O)O2. The second-order valence-electron chi connectivity index (χ2n) is 16.6. The summed E-state index contributed by atoms with van der Waals surface area (Å²) in [6, 6.07) is 0. The molecule has 2 N–H and O–H groups in total. The Hall–Kier alpha value is -6.06. The van der Waals surface area contributed by atoms with Gasteiger partial charge in [0.1, 0.15) is 22.3 Å². The maximum Gasteiger partial charge on any atom is 0.348 e. The summed E-state index contributed by atoms with van der Waals surface area (Å²) in [5.74, 6) is -11.8. The highest BCUT2D eigenvalue weighted by Crippen LogP contribution is 2.47. The molecule has 7 rings (SSSR count). The maximum absolute atomic E-state index is 13.0. The van der Waals surface area contributed by atoms with E-state index in [2.05, 4.69) is 0 Å². The lowest BCUT2D eigenvalue weighted by molar-refractivity contribution is -0.297. The normalized spacial score (nSPS) is 36.2. The average molecular weight is 833 g/mol. The number of allylic oxidation sites excluding steroid dienone is 8. The predicted octanol–water partition coefficient (Wildman–Crippen LogP) is 6.22. The number of esters is 6. The standard InChI is InChI=1S/C44H48O16/c1-25-15-17-27(3)43(23-25)57-37(49)31(38(50)58-43)13-9-5-7-11-29-33(45)53-41(54-34(29)46)19-21-42(22-20-41)55-35(47)30(36(48)56-42)12-8-6-10-14-32-39(51)59-44(60-40(32)52)24-26(2)16-18-28(44)4/h5-14,25-28,45,51H,15-24H2,1-4H3/b8-6+,9-5+,11-7+,14-10+,30-12?,31-13?. The highest BCUT2D eigenvalue weighted by Gasteiger charge is 2.57. The number of ether oxygens (including phenoxy) is 8. The fourth-order valence-electron chi connectivity index (χ4n) is 8.54. The minimum absolute atomic E-state index is 0.0987. The van der Waals surface area contributed by atoms with Gasteiger partial charge in [0.25, 0.3) is 35.0 Å². The quantitative estimate of drug-likeness (QED) is 0.0998. The van der Waals surface area contributed by atoms with Gasteiger partial charge in [-0.25, -0.2) is 28.8 Å². The van der Waals surface area contributed by atoms with Crippen LogP contribution in [0.1, 0.15) is 91.9 Å². The Labute approximate surface area is 345 Å². The molecular formula is C44H48O16. The Bertz CT molecular complexity index is 2060. The highest BCUT2D eigenvalue weighted by molar-refractivity contribution is 6.16. The van der Waals surface area contributed by atoms with Crippen LogP contribution in [0, 0.1) is 23.7 Å².